The number of benzene rings is 1. The lowest BCUT2D eigenvalue weighted by Gasteiger charge is -2.32. The van der Waals surface area contributed by atoms with E-state index in [9.17, 15) is 18.0 Å². The van der Waals surface area contributed by atoms with E-state index in [0.717, 1.165) is 19.1 Å². The fourth-order valence-corrected chi connectivity index (χ4v) is 4.25. The molecule has 1 aliphatic heterocycles. The molecule has 12 heteroatoms. The lowest BCUT2D eigenvalue weighted by Crippen LogP contribution is -2.46. The van der Waals surface area contributed by atoms with Gasteiger partial charge in [0.1, 0.15) is 0 Å². The highest BCUT2D eigenvalue weighted by Crippen LogP contribution is 2.19. The highest BCUT2D eigenvalue weighted by molar-refractivity contribution is 7.90. The molecule has 11 nitrogen and oxygen atoms in total. The van der Waals surface area contributed by atoms with Gasteiger partial charge in [-0.25, -0.2) is 8.42 Å². The number of nitrogens with zero attached hydrogens (tertiary/aromatic N) is 6. The minimum atomic E-state index is -3.29. The Morgan fingerprint density at radius 2 is 1.97 bits per heavy atom. The minimum Gasteiger partial charge on any atom is -0.466 e. The van der Waals surface area contributed by atoms with Crippen molar-refractivity contribution in [2.75, 3.05) is 39.5 Å². The number of likely N-dealkylation sites (tertiary alicyclic amines) is 1. The first kappa shape index (κ1) is 23.8. The largest absolute Gasteiger partial charge is 0.466 e. The Labute approximate surface area is 187 Å². The average Bonchev–Trinajstić information content (AvgIpc) is 3.21. The number of esters is 1. The number of hydrogen-bond donors (Lipinski definition) is 0. The smallest absolute Gasteiger partial charge is 0.310 e. The van der Waals surface area contributed by atoms with E-state index in [4.69, 9.17) is 4.74 Å². The zero-order valence-electron chi connectivity index (χ0n) is 18.5. The van der Waals surface area contributed by atoms with Crippen LogP contribution < -0.4 is 0 Å². The molecule has 174 valence electrons. The molecule has 0 N–H and O–H groups in total. The van der Waals surface area contributed by atoms with Gasteiger partial charge in [0.05, 0.1) is 36.2 Å². The second-order valence-corrected chi connectivity index (χ2v) is 9.89. The monoisotopic (exact) mass is 464 g/mol. The number of ether oxygens (including phenoxy) is 1. The summed E-state index contributed by atoms with van der Waals surface area (Å²) in [5, 5.41) is 11.7. The zero-order valence-corrected chi connectivity index (χ0v) is 19.3. The van der Waals surface area contributed by atoms with Gasteiger partial charge < -0.3 is 9.64 Å². The second-order valence-electron chi connectivity index (χ2n) is 7.88. The van der Waals surface area contributed by atoms with Crippen LogP contribution in [0.1, 0.15) is 25.6 Å². The van der Waals surface area contributed by atoms with Crippen molar-refractivity contribution in [1.82, 2.24) is 30.0 Å². The summed E-state index contributed by atoms with van der Waals surface area (Å²) in [6, 6.07) is 6.26. The fraction of sp³-hybridized carbons (Fsp3) is 0.550. The van der Waals surface area contributed by atoms with Crippen LogP contribution >= 0.6 is 0 Å². The lowest BCUT2D eigenvalue weighted by atomic mass is 9.98. The maximum atomic E-state index is 12.8. The van der Waals surface area contributed by atoms with E-state index in [1.165, 1.54) is 16.8 Å². The van der Waals surface area contributed by atoms with Crippen LogP contribution in [0.5, 0.6) is 0 Å². The fourth-order valence-electron chi connectivity index (χ4n) is 3.62. The molecule has 0 aliphatic carbocycles. The van der Waals surface area contributed by atoms with Crippen molar-refractivity contribution >= 4 is 21.7 Å². The molecule has 0 bridgehead atoms. The standard InChI is InChI=1S/C20H28N6O5S/c1-4-31-20(28)15-6-5-11-25(12-15)19(27)14-24(2)13-18-21-22-23-26(18)16-7-9-17(10-8-16)32(3,29)30/h7-10,15H,4-6,11-14H2,1-3H3/t15-/m0/s1. The highest BCUT2D eigenvalue weighted by Gasteiger charge is 2.29. The van der Waals surface area contributed by atoms with Crippen molar-refractivity contribution in [2.24, 2.45) is 5.92 Å². The van der Waals surface area contributed by atoms with Crippen LogP contribution in [0, 0.1) is 5.92 Å². The number of piperidine rings is 1. The van der Waals surface area contributed by atoms with Crippen LogP contribution in [0.25, 0.3) is 5.69 Å². The molecule has 1 fully saturated rings. The number of hydrogen-bond acceptors (Lipinski definition) is 9. The Kier molecular flexibility index (Phi) is 7.56. The predicted octanol–water partition coefficient (Wildman–Crippen LogP) is 0.299. The molecule has 1 aromatic carbocycles. The van der Waals surface area contributed by atoms with Gasteiger partial charge in [-0.15, -0.1) is 5.10 Å². The number of carbonyl (C=O) groups excluding carboxylic acids is 2. The Morgan fingerprint density at radius 3 is 2.62 bits per heavy atom. The number of aromatic nitrogens is 4. The Balaban J connectivity index is 1.61. The van der Waals surface area contributed by atoms with Gasteiger partial charge >= 0.3 is 5.97 Å². The molecule has 0 spiro atoms. The van der Waals surface area contributed by atoms with E-state index in [0.29, 0.717) is 37.8 Å². The van der Waals surface area contributed by atoms with Crippen LogP contribution in [0.4, 0.5) is 0 Å². The molecule has 1 aliphatic rings. The molecule has 1 aromatic heterocycles. The van der Waals surface area contributed by atoms with Gasteiger partial charge in [0.15, 0.2) is 15.7 Å². The van der Waals surface area contributed by atoms with E-state index in [1.807, 2.05) is 0 Å². The van der Waals surface area contributed by atoms with Crippen molar-refractivity contribution in [3.63, 3.8) is 0 Å². The minimum absolute atomic E-state index is 0.0713. The first-order chi connectivity index (χ1) is 15.2. The number of tetrazole rings is 1. The third kappa shape index (κ3) is 5.88. The first-order valence-electron chi connectivity index (χ1n) is 10.4. The molecule has 3 rings (SSSR count). The van der Waals surface area contributed by atoms with Crippen LogP contribution in [-0.4, -0.2) is 89.8 Å². The van der Waals surface area contributed by atoms with Gasteiger partial charge in [-0.05, 0) is 61.5 Å². The summed E-state index contributed by atoms with van der Waals surface area (Å²) in [6.07, 6.45) is 2.64. The summed E-state index contributed by atoms with van der Waals surface area (Å²) in [4.78, 5) is 28.5. The zero-order chi connectivity index (χ0) is 23.3. The van der Waals surface area contributed by atoms with Crippen molar-refractivity contribution in [1.29, 1.82) is 0 Å². The molecule has 2 heterocycles. The Bertz CT molecular complexity index is 1050. The highest BCUT2D eigenvalue weighted by atomic mass is 32.2. The maximum Gasteiger partial charge on any atom is 0.310 e. The van der Waals surface area contributed by atoms with Crippen LogP contribution in [0.3, 0.4) is 0 Å². The molecule has 1 amide bonds. The molecule has 0 saturated carbocycles. The number of carbonyl (C=O) groups is 2. The van der Waals surface area contributed by atoms with Crippen molar-refractivity contribution in [2.45, 2.75) is 31.2 Å². The van der Waals surface area contributed by atoms with Gasteiger partial charge in [0.2, 0.25) is 5.91 Å². The predicted molar refractivity (Wildman–Crippen MR) is 115 cm³/mol. The third-order valence-corrected chi connectivity index (χ3v) is 6.38. The van der Waals surface area contributed by atoms with Gasteiger partial charge in [-0.1, -0.05) is 0 Å². The summed E-state index contributed by atoms with van der Waals surface area (Å²) in [5.74, 6) is -0.0898. The van der Waals surface area contributed by atoms with E-state index < -0.39 is 9.84 Å². The number of rotatable bonds is 8. The van der Waals surface area contributed by atoms with E-state index in [1.54, 1.807) is 35.9 Å². The SMILES string of the molecule is CCOC(=O)[C@H]1CCCN(C(=O)CN(C)Cc2nnnn2-c2ccc(S(C)(=O)=O)cc2)C1. The number of sulfone groups is 1. The number of likely N-dealkylation sites (N-methyl/N-ethyl adjacent to an activating group) is 1. The van der Waals surface area contributed by atoms with Gasteiger partial charge in [0, 0.05) is 19.3 Å². The summed E-state index contributed by atoms with van der Waals surface area (Å²) in [5.41, 5.74) is 0.616. The average molecular weight is 465 g/mol. The summed E-state index contributed by atoms with van der Waals surface area (Å²) >= 11 is 0. The van der Waals surface area contributed by atoms with E-state index in [-0.39, 0.29) is 29.2 Å². The Morgan fingerprint density at radius 1 is 1.25 bits per heavy atom. The topological polar surface area (TPSA) is 128 Å². The van der Waals surface area contributed by atoms with Crippen molar-refractivity contribution in [3.05, 3.63) is 30.1 Å². The summed E-state index contributed by atoms with van der Waals surface area (Å²) in [6.45, 7) is 3.55. The van der Waals surface area contributed by atoms with Gasteiger partial charge in [-0.2, -0.15) is 4.68 Å². The van der Waals surface area contributed by atoms with Crippen LogP contribution in [-0.2, 0) is 30.7 Å². The van der Waals surface area contributed by atoms with Gasteiger partial charge in [0.25, 0.3) is 0 Å². The maximum absolute atomic E-state index is 12.8. The summed E-state index contributed by atoms with van der Waals surface area (Å²) < 4.78 is 29.9. The van der Waals surface area contributed by atoms with E-state index >= 15 is 0 Å². The normalized spacial score (nSPS) is 16.9. The molecule has 2 aromatic rings. The number of amides is 1. The molecule has 1 atom stereocenters. The third-order valence-electron chi connectivity index (χ3n) is 5.25. The quantitative estimate of drug-likeness (QED) is 0.507. The lowest BCUT2D eigenvalue weighted by molar-refractivity contribution is -0.151. The first-order valence-corrected chi connectivity index (χ1v) is 12.3. The van der Waals surface area contributed by atoms with Crippen molar-refractivity contribution < 1.29 is 22.7 Å². The van der Waals surface area contributed by atoms with E-state index in [2.05, 4.69) is 15.5 Å². The van der Waals surface area contributed by atoms with Crippen molar-refractivity contribution in [3.8, 4) is 5.69 Å². The van der Waals surface area contributed by atoms with Gasteiger partial charge in [-0.3, -0.25) is 14.5 Å². The second kappa shape index (κ2) is 10.2. The summed E-state index contributed by atoms with van der Waals surface area (Å²) in [7, 11) is -1.51. The Hall–Kier alpha value is -2.86. The molecule has 0 radical (unpaired) electrons. The molecule has 32 heavy (non-hydrogen) atoms. The molecule has 0 unspecified atom stereocenters. The molecule has 1 saturated heterocycles. The van der Waals surface area contributed by atoms with Crippen LogP contribution in [0.2, 0.25) is 0 Å². The molecular weight excluding hydrogens is 436 g/mol. The van der Waals surface area contributed by atoms with Crippen LogP contribution in [0.15, 0.2) is 29.2 Å². The molecular formula is C20H28N6O5S.